The molecule has 0 unspecified atom stereocenters. The minimum Gasteiger partial charge on any atom is -0.478 e. The Hall–Kier alpha value is -2.90. The fraction of sp³-hybridized carbons (Fsp3) is 0.286. The van der Waals surface area contributed by atoms with Gasteiger partial charge in [-0.1, -0.05) is 0 Å². The van der Waals surface area contributed by atoms with Gasteiger partial charge in [0, 0.05) is 6.42 Å². The van der Waals surface area contributed by atoms with Crippen LogP contribution in [-0.4, -0.2) is 29.0 Å². The first-order chi connectivity index (χ1) is 10.5. The third kappa shape index (κ3) is 3.81. The van der Waals surface area contributed by atoms with Crippen molar-refractivity contribution in [3.8, 4) is 5.75 Å². The summed E-state index contributed by atoms with van der Waals surface area (Å²) in [6.07, 6.45) is 0.683. The number of carboxylic acids is 1. The molecule has 0 spiro atoms. The fourth-order valence-electron chi connectivity index (χ4n) is 1.80. The van der Waals surface area contributed by atoms with Gasteiger partial charge in [-0.3, -0.25) is 4.79 Å². The smallest absolute Gasteiger partial charge is 0.386 e. The van der Waals surface area contributed by atoms with Crippen molar-refractivity contribution in [3.63, 3.8) is 0 Å². The fourth-order valence-corrected chi connectivity index (χ4v) is 1.80. The summed E-state index contributed by atoms with van der Waals surface area (Å²) in [5, 5.41) is 9.06. The van der Waals surface area contributed by atoms with Crippen molar-refractivity contribution in [2.24, 2.45) is 0 Å². The number of carbonyl (C=O) groups excluding carboxylic acids is 3. The second-order valence-electron chi connectivity index (χ2n) is 4.52. The molecule has 1 N–H and O–H groups in total. The molecule has 0 saturated carbocycles. The van der Waals surface area contributed by atoms with Crippen molar-refractivity contribution < 1.29 is 38.8 Å². The number of carboxylic acid groups (broad SMARTS) is 1. The number of esters is 1. The van der Waals surface area contributed by atoms with Gasteiger partial charge < -0.3 is 9.84 Å². The van der Waals surface area contributed by atoms with Gasteiger partial charge >= 0.3 is 23.9 Å². The molecular formula is C14H12O8. The van der Waals surface area contributed by atoms with E-state index in [1.807, 2.05) is 0 Å². The lowest BCUT2D eigenvalue weighted by Crippen LogP contribution is -2.13. The van der Waals surface area contributed by atoms with Gasteiger partial charge in [0.15, 0.2) is 0 Å². The molecule has 1 heterocycles. The van der Waals surface area contributed by atoms with E-state index in [1.54, 1.807) is 0 Å². The van der Waals surface area contributed by atoms with Gasteiger partial charge in [-0.2, -0.15) is 0 Å². The van der Waals surface area contributed by atoms with Crippen molar-refractivity contribution >= 4 is 23.9 Å². The Kier molecular flexibility index (Phi) is 4.72. The highest BCUT2D eigenvalue weighted by atomic mass is 17.2. The second-order valence-corrected chi connectivity index (χ2v) is 4.52. The molecule has 1 aromatic carbocycles. The summed E-state index contributed by atoms with van der Waals surface area (Å²) in [4.78, 5) is 54.5. The molecule has 0 amide bonds. The maximum absolute atomic E-state index is 11.7. The lowest BCUT2D eigenvalue weighted by atomic mass is 10.1. The Morgan fingerprint density at radius 3 is 2.36 bits per heavy atom. The molecule has 8 nitrogen and oxygen atoms in total. The van der Waals surface area contributed by atoms with Gasteiger partial charge in [0.2, 0.25) is 0 Å². The molecular weight excluding hydrogens is 296 g/mol. The predicted octanol–water partition coefficient (Wildman–Crippen LogP) is 1.48. The molecule has 2 rings (SSSR count). The second kappa shape index (κ2) is 6.70. The van der Waals surface area contributed by atoms with Crippen LogP contribution in [0.3, 0.4) is 0 Å². The molecule has 1 aliphatic heterocycles. The van der Waals surface area contributed by atoms with Gasteiger partial charge in [0.25, 0.3) is 0 Å². The van der Waals surface area contributed by atoms with E-state index in [2.05, 4.69) is 9.78 Å². The van der Waals surface area contributed by atoms with Gasteiger partial charge in [-0.15, -0.1) is 0 Å². The summed E-state index contributed by atoms with van der Waals surface area (Å²) in [6.45, 7) is 0. The molecule has 0 aliphatic carbocycles. The zero-order chi connectivity index (χ0) is 16.1. The molecule has 1 aliphatic rings. The normalized spacial score (nSPS) is 16.3. The minimum absolute atomic E-state index is 0.00533. The van der Waals surface area contributed by atoms with Crippen LogP contribution in [0.4, 0.5) is 0 Å². The number of aromatic carboxylic acids is 1. The first-order valence-electron chi connectivity index (χ1n) is 6.47. The molecule has 2 bridgehead atoms. The van der Waals surface area contributed by atoms with Crippen LogP contribution in [0.25, 0.3) is 0 Å². The van der Waals surface area contributed by atoms with Crippen LogP contribution in [0.15, 0.2) is 18.2 Å². The van der Waals surface area contributed by atoms with E-state index in [-0.39, 0.29) is 29.7 Å². The van der Waals surface area contributed by atoms with Gasteiger partial charge in [-0.25, -0.2) is 24.2 Å². The SMILES string of the molecule is O=C1CCCCC(=O)Oc2cc(ccc2C(=O)O)C(=O)OO1. The van der Waals surface area contributed by atoms with Gasteiger partial charge in [-0.05, 0) is 31.0 Å². The highest BCUT2D eigenvalue weighted by Gasteiger charge is 2.20. The first kappa shape index (κ1) is 15.5. The Balaban J connectivity index is 2.35. The summed E-state index contributed by atoms with van der Waals surface area (Å²) in [6, 6.07) is 3.31. The van der Waals surface area contributed by atoms with E-state index >= 15 is 0 Å². The molecule has 0 aromatic heterocycles. The standard InChI is InChI=1S/C14H12O8/c15-11-3-1-2-4-12(16)21-22-14(19)8-5-6-9(13(17)18)10(7-8)20-11/h5-7H,1-4H2,(H,17,18). The van der Waals surface area contributed by atoms with Gasteiger partial charge in [0.05, 0.1) is 12.0 Å². The van der Waals surface area contributed by atoms with Crippen LogP contribution in [-0.2, 0) is 19.4 Å². The van der Waals surface area contributed by atoms with Crippen molar-refractivity contribution in [1.82, 2.24) is 0 Å². The molecule has 22 heavy (non-hydrogen) atoms. The third-order valence-corrected chi connectivity index (χ3v) is 2.89. The maximum Gasteiger partial charge on any atom is 0.386 e. The number of hydrogen-bond acceptors (Lipinski definition) is 7. The van der Waals surface area contributed by atoms with E-state index in [1.165, 1.54) is 0 Å². The van der Waals surface area contributed by atoms with Crippen molar-refractivity contribution in [2.75, 3.05) is 0 Å². The minimum atomic E-state index is -1.31. The molecule has 1 aromatic rings. The zero-order valence-corrected chi connectivity index (χ0v) is 11.4. The molecule has 0 saturated heterocycles. The van der Waals surface area contributed by atoms with Crippen LogP contribution >= 0.6 is 0 Å². The third-order valence-electron chi connectivity index (χ3n) is 2.89. The molecule has 0 fully saturated rings. The Morgan fingerprint density at radius 2 is 1.68 bits per heavy atom. The number of fused-ring (bicyclic) bond motifs is 2. The monoisotopic (exact) mass is 308 g/mol. The molecule has 0 atom stereocenters. The van der Waals surface area contributed by atoms with E-state index in [0.717, 1.165) is 18.2 Å². The van der Waals surface area contributed by atoms with Crippen LogP contribution in [0.5, 0.6) is 5.75 Å². The molecule has 116 valence electrons. The molecule has 8 heteroatoms. The topological polar surface area (TPSA) is 116 Å². The summed E-state index contributed by atoms with van der Waals surface area (Å²) >= 11 is 0. The highest BCUT2D eigenvalue weighted by Crippen LogP contribution is 2.22. The van der Waals surface area contributed by atoms with Gasteiger partial charge in [0.1, 0.15) is 11.3 Å². The number of hydrogen-bond donors (Lipinski definition) is 1. The summed E-state index contributed by atoms with van der Waals surface area (Å²) in [5.74, 6) is -3.96. The highest BCUT2D eigenvalue weighted by molar-refractivity contribution is 5.96. The largest absolute Gasteiger partial charge is 0.478 e. The van der Waals surface area contributed by atoms with Crippen molar-refractivity contribution in [2.45, 2.75) is 25.7 Å². The number of rotatable bonds is 1. The van der Waals surface area contributed by atoms with Crippen LogP contribution in [0.1, 0.15) is 46.4 Å². The van der Waals surface area contributed by atoms with E-state index < -0.39 is 23.9 Å². The Morgan fingerprint density at radius 1 is 1.00 bits per heavy atom. The first-order valence-corrected chi connectivity index (χ1v) is 6.47. The van der Waals surface area contributed by atoms with E-state index in [0.29, 0.717) is 12.8 Å². The summed E-state index contributed by atoms with van der Waals surface area (Å²) in [7, 11) is 0. The van der Waals surface area contributed by atoms with Crippen LogP contribution < -0.4 is 4.74 Å². The van der Waals surface area contributed by atoms with E-state index in [9.17, 15) is 19.2 Å². The average molecular weight is 308 g/mol. The summed E-state index contributed by atoms with van der Waals surface area (Å²) in [5.41, 5.74) is -0.378. The van der Waals surface area contributed by atoms with Crippen LogP contribution in [0.2, 0.25) is 0 Å². The number of benzene rings is 1. The lowest BCUT2D eigenvalue weighted by molar-refractivity contribution is -0.234. The Bertz CT molecular complexity index is 634. The average Bonchev–Trinajstić information content (AvgIpc) is 2.48. The quantitative estimate of drug-likeness (QED) is 0.471. The summed E-state index contributed by atoms with van der Waals surface area (Å²) < 4.78 is 4.98. The molecule has 0 radical (unpaired) electrons. The van der Waals surface area contributed by atoms with Crippen molar-refractivity contribution in [1.29, 1.82) is 0 Å². The number of ether oxygens (including phenoxy) is 1. The zero-order valence-electron chi connectivity index (χ0n) is 11.4. The Labute approximate surface area is 124 Å². The van der Waals surface area contributed by atoms with E-state index in [4.69, 9.17) is 9.84 Å². The number of carbonyl (C=O) groups is 4. The van der Waals surface area contributed by atoms with Crippen molar-refractivity contribution in [3.05, 3.63) is 29.3 Å². The maximum atomic E-state index is 11.7. The predicted molar refractivity (Wildman–Crippen MR) is 69.0 cm³/mol. The van der Waals surface area contributed by atoms with Crippen LogP contribution in [0, 0.1) is 0 Å². The lowest BCUT2D eigenvalue weighted by Gasteiger charge is -2.08.